The number of nitrogens with one attached hydrogen (secondary N) is 1. The second kappa shape index (κ2) is 8.41. The Morgan fingerprint density at radius 1 is 1.18 bits per heavy atom. The number of carbonyl (C=O) groups excluding carboxylic acids is 2. The lowest BCUT2D eigenvalue weighted by atomic mass is 9.92. The second-order valence-electron chi connectivity index (χ2n) is 7.79. The molecule has 0 aliphatic carbocycles. The molecule has 1 aromatic heterocycles. The van der Waals surface area contributed by atoms with Crippen LogP contribution in [0.1, 0.15) is 33.4 Å². The quantitative estimate of drug-likeness (QED) is 0.853. The van der Waals surface area contributed by atoms with E-state index >= 15 is 0 Å². The zero-order valence-electron chi connectivity index (χ0n) is 17.3. The first kappa shape index (κ1) is 21.4. The zero-order valence-corrected chi connectivity index (χ0v) is 17.3. The third kappa shape index (κ3) is 5.09. The Bertz CT molecular complexity index is 837. The SMILES string of the molecule is CCN(CC(=O)Nc1cc(C(C)(C)C)nn1-c1ccc(F)cc1)C(=O)N(C)C. The average Bonchev–Trinajstić information content (AvgIpc) is 3.03. The van der Waals surface area contributed by atoms with E-state index in [4.69, 9.17) is 0 Å². The molecular formula is C20H28FN5O2. The Morgan fingerprint density at radius 2 is 1.79 bits per heavy atom. The maximum Gasteiger partial charge on any atom is 0.319 e. The van der Waals surface area contributed by atoms with Gasteiger partial charge in [-0.3, -0.25) is 4.79 Å². The molecule has 0 aliphatic heterocycles. The van der Waals surface area contributed by atoms with Crippen molar-refractivity contribution < 1.29 is 14.0 Å². The number of likely N-dealkylation sites (N-methyl/N-ethyl adjacent to an activating group) is 1. The summed E-state index contributed by atoms with van der Waals surface area (Å²) in [5.41, 5.74) is 1.17. The Balaban J connectivity index is 2.30. The highest BCUT2D eigenvalue weighted by Gasteiger charge is 2.23. The molecule has 0 atom stereocenters. The third-order valence-electron chi connectivity index (χ3n) is 4.19. The summed E-state index contributed by atoms with van der Waals surface area (Å²) in [4.78, 5) is 27.6. The molecule has 0 saturated carbocycles. The largest absolute Gasteiger partial charge is 0.331 e. The topological polar surface area (TPSA) is 70.5 Å². The first-order chi connectivity index (χ1) is 13.0. The lowest BCUT2D eigenvalue weighted by Crippen LogP contribution is -2.43. The second-order valence-corrected chi connectivity index (χ2v) is 7.79. The molecule has 1 heterocycles. The third-order valence-corrected chi connectivity index (χ3v) is 4.19. The number of hydrogen-bond donors (Lipinski definition) is 1. The van der Waals surface area contributed by atoms with Crippen LogP contribution in [0.5, 0.6) is 0 Å². The standard InChI is InChI=1S/C20H28FN5O2/c1-7-25(19(28)24(5)6)13-18(27)22-17-12-16(20(2,3)4)23-26(17)15-10-8-14(21)9-11-15/h8-12H,7,13H2,1-6H3,(H,22,27). The molecule has 2 aromatic rings. The number of carbonyl (C=O) groups is 2. The molecule has 0 saturated heterocycles. The Hall–Kier alpha value is -2.90. The van der Waals surface area contributed by atoms with Crippen LogP contribution in [0, 0.1) is 5.82 Å². The highest BCUT2D eigenvalue weighted by molar-refractivity contribution is 5.94. The fraction of sp³-hybridized carbons (Fsp3) is 0.450. The molecular weight excluding hydrogens is 361 g/mol. The highest BCUT2D eigenvalue weighted by Crippen LogP contribution is 2.26. The molecule has 28 heavy (non-hydrogen) atoms. The number of urea groups is 1. The van der Waals surface area contributed by atoms with Gasteiger partial charge in [-0.05, 0) is 31.2 Å². The van der Waals surface area contributed by atoms with E-state index < -0.39 is 0 Å². The van der Waals surface area contributed by atoms with Gasteiger partial charge in [0, 0.05) is 32.1 Å². The predicted molar refractivity (Wildman–Crippen MR) is 107 cm³/mol. The maximum atomic E-state index is 13.3. The van der Waals surface area contributed by atoms with Gasteiger partial charge in [0.25, 0.3) is 0 Å². The van der Waals surface area contributed by atoms with Gasteiger partial charge in [-0.1, -0.05) is 20.8 Å². The fourth-order valence-electron chi connectivity index (χ4n) is 2.57. The van der Waals surface area contributed by atoms with Crippen molar-refractivity contribution >= 4 is 17.8 Å². The smallest absolute Gasteiger partial charge is 0.319 e. The number of anilines is 1. The van der Waals surface area contributed by atoms with Crippen molar-refractivity contribution in [1.29, 1.82) is 0 Å². The molecule has 0 radical (unpaired) electrons. The van der Waals surface area contributed by atoms with Crippen LogP contribution in [-0.2, 0) is 10.2 Å². The van der Waals surface area contributed by atoms with Crippen LogP contribution >= 0.6 is 0 Å². The normalized spacial score (nSPS) is 11.2. The van der Waals surface area contributed by atoms with E-state index in [-0.39, 0.29) is 29.7 Å². The van der Waals surface area contributed by atoms with Gasteiger partial charge in [0.05, 0.1) is 11.4 Å². The minimum Gasteiger partial charge on any atom is -0.331 e. The van der Waals surface area contributed by atoms with Crippen LogP contribution in [0.15, 0.2) is 30.3 Å². The van der Waals surface area contributed by atoms with Gasteiger partial charge < -0.3 is 15.1 Å². The van der Waals surface area contributed by atoms with E-state index in [0.717, 1.165) is 5.69 Å². The van der Waals surface area contributed by atoms with Crippen LogP contribution < -0.4 is 5.32 Å². The summed E-state index contributed by atoms with van der Waals surface area (Å²) in [7, 11) is 3.28. The summed E-state index contributed by atoms with van der Waals surface area (Å²) in [6.45, 7) is 8.20. The van der Waals surface area contributed by atoms with Gasteiger partial charge >= 0.3 is 6.03 Å². The summed E-state index contributed by atoms with van der Waals surface area (Å²) >= 11 is 0. The van der Waals surface area contributed by atoms with Crippen molar-refractivity contribution in [3.8, 4) is 5.69 Å². The average molecular weight is 389 g/mol. The van der Waals surface area contributed by atoms with E-state index in [1.807, 2.05) is 27.7 Å². The van der Waals surface area contributed by atoms with Gasteiger partial charge in [0.1, 0.15) is 18.2 Å². The molecule has 7 nitrogen and oxygen atoms in total. The van der Waals surface area contributed by atoms with Crippen LogP contribution in [0.4, 0.5) is 15.0 Å². The molecule has 3 amide bonds. The number of rotatable bonds is 5. The van der Waals surface area contributed by atoms with E-state index in [9.17, 15) is 14.0 Å². The number of nitrogens with zero attached hydrogens (tertiary/aromatic N) is 4. The Kier molecular flexibility index (Phi) is 6.43. The fourth-order valence-corrected chi connectivity index (χ4v) is 2.57. The summed E-state index contributed by atoms with van der Waals surface area (Å²) in [6, 6.07) is 7.43. The van der Waals surface area contributed by atoms with Crippen molar-refractivity contribution in [1.82, 2.24) is 19.6 Å². The van der Waals surface area contributed by atoms with Crippen LogP contribution in [0.2, 0.25) is 0 Å². The molecule has 1 aromatic carbocycles. The molecule has 0 spiro atoms. The molecule has 0 bridgehead atoms. The van der Waals surface area contributed by atoms with Gasteiger partial charge in [0.2, 0.25) is 5.91 Å². The number of benzene rings is 1. The number of amides is 3. The van der Waals surface area contributed by atoms with E-state index in [1.54, 1.807) is 37.0 Å². The van der Waals surface area contributed by atoms with Gasteiger partial charge in [-0.2, -0.15) is 5.10 Å². The number of halogens is 1. The van der Waals surface area contributed by atoms with Crippen LogP contribution in [-0.4, -0.2) is 58.7 Å². The molecule has 0 unspecified atom stereocenters. The summed E-state index contributed by atoms with van der Waals surface area (Å²) < 4.78 is 14.9. The van der Waals surface area contributed by atoms with Gasteiger partial charge in [-0.25, -0.2) is 13.9 Å². The first-order valence-corrected chi connectivity index (χ1v) is 9.15. The highest BCUT2D eigenvalue weighted by atomic mass is 19.1. The lowest BCUT2D eigenvalue weighted by molar-refractivity contribution is -0.116. The number of aromatic nitrogens is 2. The Morgan fingerprint density at radius 3 is 2.29 bits per heavy atom. The molecule has 8 heteroatoms. The van der Waals surface area contributed by atoms with Crippen LogP contribution in [0.3, 0.4) is 0 Å². The first-order valence-electron chi connectivity index (χ1n) is 9.15. The van der Waals surface area contributed by atoms with Crippen molar-refractivity contribution in [3.05, 3.63) is 41.8 Å². The summed E-state index contributed by atoms with van der Waals surface area (Å²) in [6.07, 6.45) is 0. The van der Waals surface area contributed by atoms with Gasteiger partial charge in [0.15, 0.2) is 0 Å². The minimum atomic E-state index is -0.349. The van der Waals surface area contributed by atoms with E-state index in [0.29, 0.717) is 18.1 Å². The van der Waals surface area contributed by atoms with Crippen molar-refractivity contribution in [2.75, 3.05) is 32.5 Å². The van der Waals surface area contributed by atoms with Gasteiger partial charge in [-0.15, -0.1) is 0 Å². The molecule has 0 aliphatic rings. The predicted octanol–water partition coefficient (Wildman–Crippen LogP) is 3.25. The number of hydrogen-bond acceptors (Lipinski definition) is 3. The summed E-state index contributed by atoms with van der Waals surface area (Å²) in [5.74, 6) is -0.214. The Labute approximate surface area is 165 Å². The van der Waals surface area contributed by atoms with Crippen LogP contribution in [0.25, 0.3) is 5.69 Å². The maximum absolute atomic E-state index is 13.3. The van der Waals surface area contributed by atoms with E-state index in [1.165, 1.54) is 21.9 Å². The molecule has 152 valence electrons. The zero-order chi connectivity index (χ0) is 21.1. The minimum absolute atomic E-state index is 0.0764. The molecule has 0 fully saturated rings. The van der Waals surface area contributed by atoms with Crippen molar-refractivity contribution in [3.63, 3.8) is 0 Å². The molecule has 2 rings (SSSR count). The summed E-state index contributed by atoms with van der Waals surface area (Å²) in [5, 5.41) is 7.42. The lowest BCUT2D eigenvalue weighted by Gasteiger charge is -2.24. The monoisotopic (exact) mass is 389 g/mol. The van der Waals surface area contributed by atoms with Crippen molar-refractivity contribution in [2.45, 2.75) is 33.1 Å². The molecule has 1 N–H and O–H groups in total. The van der Waals surface area contributed by atoms with E-state index in [2.05, 4.69) is 10.4 Å². The van der Waals surface area contributed by atoms with Crippen molar-refractivity contribution in [2.24, 2.45) is 0 Å².